The molecule has 1 aromatic heterocycles. The molecule has 1 N–H and O–H groups in total. The molecular weight excluding hydrogens is 441 g/mol. The lowest BCUT2D eigenvalue weighted by molar-refractivity contribution is -0.113. The molecule has 7 nitrogen and oxygen atoms in total. The number of para-hydroxylation sites is 1. The van der Waals surface area contributed by atoms with Gasteiger partial charge in [-0.2, -0.15) is 0 Å². The second-order valence-electron chi connectivity index (χ2n) is 7.76. The summed E-state index contributed by atoms with van der Waals surface area (Å²) in [7, 11) is 0. The summed E-state index contributed by atoms with van der Waals surface area (Å²) in [4.78, 5) is 15.0. The minimum absolute atomic E-state index is 0.107. The molecule has 0 bridgehead atoms. The highest BCUT2D eigenvalue weighted by atomic mass is 32.2. The fourth-order valence-electron chi connectivity index (χ4n) is 3.76. The summed E-state index contributed by atoms with van der Waals surface area (Å²) < 4.78 is 20.9. The van der Waals surface area contributed by atoms with Crippen molar-refractivity contribution >= 4 is 23.4 Å². The van der Waals surface area contributed by atoms with Gasteiger partial charge in [-0.3, -0.25) is 14.3 Å². The Labute approximate surface area is 197 Å². The van der Waals surface area contributed by atoms with Crippen LogP contribution in [-0.2, 0) is 22.4 Å². The van der Waals surface area contributed by atoms with Crippen LogP contribution >= 0.6 is 11.8 Å². The average molecular weight is 470 g/mol. The Morgan fingerprint density at radius 2 is 1.88 bits per heavy atom. The number of rotatable bonds is 9. The van der Waals surface area contributed by atoms with Crippen molar-refractivity contribution in [3.05, 3.63) is 65.7 Å². The monoisotopic (exact) mass is 469 g/mol. The molecule has 0 spiro atoms. The quantitative estimate of drug-likeness (QED) is 0.483. The van der Waals surface area contributed by atoms with Crippen molar-refractivity contribution in [1.29, 1.82) is 0 Å². The number of amides is 1. The number of aryl methyl sites for hydroxylation is 1. The molecule has 1 aliphatic rings. The van der Waals surface area contributed by atoms with Gasteiger partial charge in [-0.1, -0.05) is 36.9 Å². The summed E-state index contributed by atoms with van der Waals surface area (Å²) in [6, 6.07) is 14.0. The number of anilines is 1. The summed E-state index contributed by atoms with van der Waals surface area (Å²) in [6.45, 7) is 6.16. The van der Waals surface area contributed by atoms with Gasteiger partial charge in [0.25, 0.3) is 0 Å². The largest absolute Gasteiger partial charge is 0.379 e. The lowest BCUT2D eigenvalue weighted by Gasteiger charge is -2.26. The number of carbonyl (C=O) groups excluding carboxylic acids is 1. The van der Waals surface area contributed by atoms with E-state index in [2.05, 4.69) is 27.3 Å². The first-order valence-electron chi connectivity index (χ1n) is 11.1. The third-order valence-corrected chi connectivity index (χ3v) is 6.47. The highest BCUT2D eigenvalue weighted by Gasteiger charge is 2.18. The van der Waals surface area contributed by atoms with Gasteiger partial charge < -0.3 is 10.1 Å². The van der Waals surface area contributed by atoms with Gasteiger partial charge in [-0.25, -0.2) is 4.39 Å². The predicted molar refractivity (Wildman–Crippen MR) is 127 cm³/mol. The average Bonchev–Trinajstić information content (AvgIpc) is 3.25. The van der Waals surface area contributed by atoms with E-state index in [4.69, 9.17) is 4.74 Å². The third-order valence-electron chi connectivity index (χ3n) is 5.55. The van der Waals surface area contributed by atoms with Crippen LogP contribution in [0.3, 0.4) is 0 Å². The Hall–Kier alpha value is -2.75. The van der Waals surface area contributed by atoms with Crippen LogP contribution in [0, 0.1) is 5.82 Å². The van der Waals surface area contributed by atoms with Crippen molar-refractivity contribution < 1.29 is 13.9 Å². The van der Waals surface area contributed by atoms with Crippen LogP contribution in [0.5, 0.6) is 0 Å². The fraction of sp³-hybridized carbons (Fsp3) is 0.375. The first kappa shape index (κ1) is 23.4. The van der Waals surface area contributed by atoms with E-state index in [9.17, 15) is 9.18 Å². The van der Waals surface area contributed by atoms with Crippen molar-refractivity contribution in [3.63, 3.8) is 0 Å². The number of aromatic nitrogens is 3. The molecule has 0 aliphatic carbocycles. The summed E-state index contributed by atoms with van der Waals surface area (Å²) in [5, 5.41) is 12.3. The van der Waals surface area contributed by atoms with Gasteiger partial charge in [-0.05, 0) is 42.3 Å². The van der Waals surface area contributed by atoms with Gasteiger partial charge in [-0.15, -0.1) is 10.2 Å². The van der Waals surface area contributed by atoms with Gasteiger partial charge in [0.15, 0.2) is 5.16 Å². The topological polar surface area (TPSA) is 72.3 Å². The van der Waals surface area contributed by atoms with Gasteiger partial charge in [0.05, 0.1) is 19.0 Å². The second kappa shape index (κ2) is 11.4. The van der Waals surface area contributed by atoms with E-state index in [0.29, 0.717) is 11.6 Å². The zero-order valence-electron chi connectivity index (χ0n) is 18.7. The molecule has 3 aromatic rings. The fourth-order valence-corrected chi connectivity index (χ4v) is 4.53. The molecule has 9 heteroatoms. The van der Waals surface area contributed by atoms with Crippen LogP contribution in [0.25, 0.3) is 5.69 Å². The summed E-state index contributed by atoms with van der Waals surface area (Å²) >= 11 is 1.32. The van der Waals surface area contributed by atoms with Gasteiger partial charge in [0.2, 0.25) is 5.91 Å². The molecule has 2 heterocycles. The maximum atomic E-state index is 13.5. The maximum absolute atomic E-state index is 13.5. The summed E-state index contributed by atoms with van der Waals surface area (Å²) in [6.07, 6.45) is 1.54. The zero-order valence-corrected chi connectivity index (χ0v) is 19.5. The zero-order chi connectivity index (χ0) is 23.0. The van der Waals surface area contributed by atoms with Crippen LogP contribution in [0.4, 0.5) is 10.1 Å². The van der Waals surface area contributed by atoms with E-state index < -0.39 is 0 Å². The summed E-state index contributed by atoms with van der Waals surface area (Å²) in [5.41, 5.74) is 2.70. The highest BCUT2D eigenvalue weighted by molar-refractivity contribution is 7.99. The Balaban J connectivity index is 1.47. The van der Waals surface area contributed by atoms with Crippen LogP contribution in [0.1, 0.15) is 18.3 Å². The standard InChI is InChI=1S/C24H28FN5O2S/c1-2-18-5-3-4-6-21(18)26-23(31)17-33-24-28-27-22(11-12-29-13-15-32-16-14-29)30(24)20-9-7-19(25)8-10-20/h3-10H,2,11-17H2,1H3,(H,26,31). The number of hydrogen-bond acceptors (Lipinski definition) is 6. The Morgan fingerprint density at radius 3 is 2.64 bits per heavy atom. The van der Waals surface area contributed by atoms with Gasteiger partial charge in [0.1, 0.15) is 11.6 Å². The number of benzene rings is 2. The van der Waals surface area contributed by atoms with Crippen molar-refractivity contribution in [2.75, 3.05) is 43.9 Å². The first-order chi connectivity index (χ1) is 16.1. The molecule has 2 aromatic carbocycles. The molecule has 1 fully saturated rings. The molecule has 1 saturated heterocycles. The normalized spacial score (nSPS) is 14.4. The van der Waals surface area contributed by atoms with E-state index in [1.807, 2.05) is 28.8 Å². The lowest BCUT2D eigenvalue weighted by atomic mass is 10.1. The molecule has 0 radical (unpaired) electrons. The van der Waals surface area contributed by atoms with E-state index in [1.54, 1.807) is 12.1 Å². The third kappa shape index (κ3) is 6.19. The van der Waals surface area contributed by atoms with Crippen molar-refractivity contribution in [2.24, 2.45) is 0 Å². The number of hydrogen-bond donors (Lipinski definition) is 1. The molecule has 0 atom stereocenters. The van der Waals surface area contributed by atoms with Crippen molar-refractivity contribution in [2.45, 2.75) is 24.9 Å². The number of carbonyl (C=O) groups is 1. The summed E-state index contributed by atoms with van der Waals surface area (Å²) in [5.74, 6) is 0.572. The number of ether oxygens (including phenoxy) is 1. The molecule has 33 heavy (non-hydrogen) atoms. The Bertz CT molecular complexity index is 1070. The number of nitrogens with zero attached hydrogens (tertiary/aromatic N) is 4. The van der Waals surface area contributed by atoms with Crippen LogP contribution in [-0.4, -0.2) is 64.2 Å². The molecule has 1 aliphatic heterocycles. The van der Waals surface area contributed by atoms with Gasteiger partial charge in [0, 0.05) is 37.4 Å². The smallest absolute Gasteiger partial charge is 0.234 e. The second-order valence-corrected chi connectivity index (χ2v) is 8.70. The number of nitrogens with one attached hydrogen (secondary N) is 1. The molecule has 4 rings (SSSR count). The van der Waals surface area contributed by atoms with Crippen LogP contribution in [0.2, 0.25) is 0 Å². The number of halogens is 1. The van der Waals surface area contributed by atoms with Crippen molar-refractivity contribution in [3.8, 4) is 5.69 Å². The molecular formula is C24H28FN5O2S. The molecule has 0 saturated carbocycles. The SMILES string of the molecule is CCc1ccccc1NC(=O)CSc1nnc(CCN2CCOCC2)n1-c1ccc(F)cc1. The minimum atomic E-state index is -0.301. The van der Waals surface area contributed by atoms with E-state index in [0.717, 1.165) is 62.0 Å². The molecule has 0 unspecified atom stereocenters. The maximum Gasteiger partial charge on any atom is 0.234 e. The predicted octanol–water partition coefficient (Wildman–Crippen LogP) is 3.57. The Kier molecular flexibility index (Phi) is 8.09. The molecule has 1 amide bonds. The number of morpholine rings is 1. The van der Waals surface area contributed by atoms with Crippen molar-refractivity contribution in [1.82, 2.24) is 19.7 Å². The highest BCUT2D eigenvalue weighted by Crippen LogP contribution is 2.24. The van der Waals surface area contributed by atoms with Crippen LogP contribution < -0.4 is 5.32 Å². The first-order valence-corrected chi connectivity index (χ1v) is 12.1. The van der Waals surface area contributed by atoms with E-state index >= 15 is 0 Å². The van der Waals surface area contributed by atoms with Crippen LogP contribution in [0.15, 0.2) is 53.7 Å². The van der Waals surface area contributed by atoms with E-state index in [1.165, 1.54) is 23.9 Å². The van der Waals surface area contributed by atoms with Gasteiger partial charge >= 0.3 is 0 Å². The minimum Gasteiger partial charge on any atom is -0.379 e. The number of thioether (sulfide) groups is 1. The molecule has 174 valence electrons. The van der Waals surface area contributed by atoms with E-state index in [-0.39, 0.29) is 17.5 Å². The Morgan fingerprint density at radius 1 is 1.12 bits per heavy atom. The lowest BCUT2D eigenvalue weighted by Crippen LogP contribution is -2.37.